The second-order valence-corrected chi connectivity index (χ2v) is 8.10. The Labute approximate surface area is 206 Å². The summed E-state index contributed by atoms with van der Waals surface area (Å²) in [6.45, 7) is 1.70. The quantitative estimate of drug-likeness (QED) is 0.259. The summed E-state index contributed by atoms with van der Waals surface area (Å²) >= 11 is 0. The van der Waals surface area contributed by atoms with Crippen LogP contribution in [0, 0.1) is 18.2 Å². The Morgan fingerprint density at radius 1 is 1.03 bits per heavy atom. The van der Waals surface area contributed by atoms with E-state index in [0.717, 1.165) is 22.7 Å². The van der Waals surface area contributed by atoms with Gasteiger partial charge < -0.3 is 15.7 Å². The van der Waals surface area contributed by atoms with Crippen molar-refractivity contribution in [2.24, 2.45) is 0 Å². The predicted molar refractivity (Wildman–Crippen MR) is 139 cm³/mol. The van der Waals surface area contributed by atoms with Crippen LogP contribution in [0.3, 0.4) is 0 Å². The molecule has 1 amide bonds. The summed E-state index contributed by atoms with van der Waals surface area (Å²) in [7, 11) is 0. The Morgan fingerprint density at radius 2 is 1.89 bits per heavy atom. The smallest absolute Gasteiger partial charge is 0.259 e. The number of halogens is 1. The first-order chi connectivity index (χ1) is 17.5. The van der Waals surface area contributed by atoms with Gasteiger partial charge in [0, 0.05) is 35.1 Å². The molecule has 0 aliphatic rings. The molecule has 5 rings (SSSR count). The van der Waals surface area contributed by atoms with Gasteiger partial charge in [0.1, 0.15) is 17.5 Å². The predicted octanol–water partition coefficient (Wildman–Crippen LogP) is 6.05. The third kappa shape index (κ3) is 4.52. The molecule has 176 valence electrons. The molecule has 0 unspecified atom stereocenters. The highest BCUT2D eigenvalue weighted by molar-refractivity contribution is 6.11. The number of carbonyl (C=O) groups is 1. The van der Waals surface area contributed by atoms with Gasteiger partial charge in [0.15, 0.2) is 0 Å². The van der Waals surface area contributed by atoms with Crippen LogP contribution < -0.4 is 5.32 Å². The van der Waals surface area contributed by atoms with Crippen LogP contribution >= 0.6 is 0 Å². The third-order valence-corrected chi connectivity index (χ3v) is 5.67. The van der Waals surface area contributed by atoms with E-state index in [2.05, 4.69) is 25.3 Å². The summed E-state index contributed by atoms with van der Waals surface area (Å²) in [4.78, 5) is 29.7. The second kappa shape index (κ2) is 9.71. The van der Waals surface area contributed by atoms with E-state index in [1.54, 1.807) is 61.8 Å². The van der Waals surface area contributed by atoms with Gasteiger partial charge in [-0.25, -0.2) is 14.4 Å². The lowest BCUT2D eigenvalue weighted by Gasteiger charge is -2.09. The Hall–Kier alpha value is -4.98. The number of nitrogens with zero attached hydrogens (tertiary/aromatic N) is 3. The number of allylic oxidation sites excluding steroid dienone is 1. The number of hydrogen-bond donors (Lipinski definition) is 3. The average molecular weight is 477 g/mol. The van der Waals surface area contributed by atoms with Crippen molar-refractivity contribution in [2.45, 2.75) is 6.92 Å². The van der Waals surface area contributed by atoms with Gasteiger partial charge in [-0.05, 0) is 67.1 Å². The first-order valence-corrected chi connectivity index (χ1v) is 11.2. The summed E-state index contributed by atoms with van der Waals surface area (Å²) in [5, 5.41) is 11.0. The zero-order valence-electron chi connectivity index (χ0n) is 19.3. The molecule has 5 aromatic rings. The molecule has 3 aromatic heterocycles. The fourth-order valence-electron chi connectivity index (χ4n) is 3.95. The van der Waals surface area contributed by atoms with Gasteiger partial charge in [-0.1, -0.05) is 18.2 Å². The molecule has 3 heterocycles. The number of imidazole rings is 1. The SMILES string of the molecule is Cc1cc(-c2nc(/C=C\C=N)[nH]c2-c2ccnc(NC(=O)c3cccc4cccnc34)c2)ccc1F. The molecule has 0 saturated heterocycles. The topological polar surface area (TPSA) is 107 Å². The lowest BCUT2D eigenvalue weighted by molar-refractivity contribution is 0.102. The largest absolute Gasteiger partial charge is 0.338 e. The van der Waals surface area contributed by atoms with Crippen molar-refractivity contribution in [3.05, 3.63) is 102 Å². The Kier molecular flexibility index (Phi) is 6.15. The second-order valence-electron chi connectivity index (χ2n) is 8.10. The number of aryl methyl sites for hydroxylation is 1. The fourth-order valence-corrected chi connectivity index (χ4v) is 3.95. The van der Waals surface area contributed by atoms with Gasteiger partial charge in [0.25, 0.3) is 5.91 Å². The van der Waals surface area contributed by atoms with Gasteiger partial charge in [-0.2, -0.15) is 0 Å². The van der Waals surface area contributed by atoms with Crippen LogP contribution in [-0.2, 0) is 0 Å². The zero-order valence-corrected chi connectivity index (χ0v) is 19.3. The van der Waals surface area contributed by atoms with E-state index in [1.165, 1.54) is 6.07 Å². The maximum absolute atomic E-state index is 13.9. The number of hydrogen-bond acceptors (Lipinski definition) is 5. The molecule has 0 bridgehead atoms. The summed E-state index contributed by atoms with van der Waals surface area (Å²) in [5.41, 5.74) is 4.32. The van der Waals surface area contributed by atoms with E-state index < -0.39 is 0 Å². The van der Waals surface area contributed by atoms with Crippen LogP contribution in [0.1, 0.15) is 21.7 Å². The molecule has 0 aliphatic carbocycles. The summed E-state index contributed by atoms with van der Waals surface area (Å²) in [6, 6.07) is 17.5. The van der Waals surface area contributed by atoms with Crippen molar-refractivity contribution in [2.75, 3.05) is 5.32 Å². The minimum atomic E-state index is -0.322. The third-order valence-electron chi connectivity index (χ3n) is 5.67. The number of aromatic nitrogens is 4. The standard InChI is InChI=1S/C28H21FN6O/c1-17-15-19(9-10-22(17)29)26-27(34-23(33-26)8-3-12-30)20-11-14-31-24(16-20)35-28(36)21-7-2-5-18-6-4-13-32-25(18)21/h2-16,30H,1H3,(H,33,34)(H,31,35,36)/b8-3-,30-12?. The highest BCUT2D eigenvalue weighted by Crippen LogP contribution is 2.32. The number of benzene rings is 2. The van der Waals surface area contributed by atoms with Gasteiger partial charge in [0.05, 0.1) is 22.5 Å². The number of carbonyl (C=O) groups excluding carboxylic acids is 1. The van der Waals surface area contributed by atoms with Crippen molar-refractivity contribution in [3.63, 3.8) is 0 Å². The van der Waals surface area contributed by atoms with Gasteiger partial charge in [-0.15, -0.1) is 0 Å². The van der Waals surface area contributed by atoms with Crippen molar-refractivity contribution in [1.82, 2.24) is 19.9 Å². The van der Waals surface area contributed by atoms with Crippen LogP contribution in [0.5, 0.6) is 0 Å². The van der Waals surface area contributed by atoms with E-state index in [4.69, 9.17) is 5.41 Å². The number of para-hydroxylation sites is 1. The molecule has 0 aliphatic heterocycles. The first kappa shape index (κ1) is 22.8. The Balaban J connectivity index is 1.53. The van der Waals surface area contributed by atoms with Gasteiger partial charge >= 0.3 is 0 Å². The average Bonchev–Trinajstić information content (AvgIpc) is 3.33. The zero-order chi connectivity index (χ0) is 25.1. The number of amides is 1. The highest BCUT2D eigenvalue weighted by Gasteiger charge is 2.17. The maximum Gasteiger partial charge on any atom is 0.259 e. The Morgan fingerprint density at radius 3 is 2.72 bits per heavy atom. The molecular weight excluding hydrogens is 455 g/mol. The highest BCUT2D eigenvalue weighted by atomic mass is 19.1. The number of rotatable bonds is 6. The van der Waals surface area contributed by atoms with Crippen LogP contribution in [0.4, 0.5) is 10.2 Å². The summed E-state index contributed by atoms with van der Waals surface area (Å²) in [5.74, 6) is 0.279. The lowest BCUT2D eigenvalue weighted by atomic mass is 10.0. The minimum Gasteiger partial charge on any atom is -0.338 e. The molecular formula is C28H21FN6O. The normalized spacial score (nSPS) is 11.2. The van der Waals surface area contributed by atoms with Crippen molar-refractivity contribution in [3.8, 4) is 22.5 Å². The monoisotopic (exact) mass is 476 g/mol. The molecule has 0 atom stereocenters. The van der Waals surface area contributed by atoms with Gasteiger partial charge in [0.2, 0.25) is 0 Å². The number of H-pyrrole nitrogens is 1. The summed E-state index contributed by atoms with van der Waals surface area (Å²) < 4.78 is 13.9. The van der Waals surface area contributed by atoms with Crippen LogP contribution in [0.2, 0.25) is 0 Å². The molecule has 8 heteroatoms. The molecule has 36 heavy (non-hydrogen) atoms. The summed E-state index contributed by atoms with van der Waals surface area (Å²) in [6.07, 6.45) is 7.64. The van der Waals surface area contributed by atoms with Crippen molar-refractivity contribution in [1.29, 1.82) is 5.41 Å². The van der Waals surface area contributed by atoms with E-state index in [9.17, 15) is 9.18 Å². The van der Waals surface area contributed by atoms with Crippen molar-refractivity contribution < 1.29 is 9.18 Å². The molecule has 0 spiro atoms. The maximum atomic E-state index is 13.9. The Bertz CT molecular complexity index is 1630. The van der Waals surface area contributed by atoms with E-state index in [1.807, 2.05) is 24.3 Å². The van der Waals surface area contributed by atoms with Crippen LogP contribution in [-0.4, -0.2) is 32.1 Å². The van der Waals surface area contributed by atoms with E-state index >= 15 is 0 Å². The number of pyridine rings is 2. The fraction of sp³-hybridized carbons (Fsp3) is 0.0357. The molecule has 0 saturated carbocycles. The molecule has 7 nitrogen and oxygen atoms in total. The molecule has 3 N–H and O–H groups in total. The van der Waals surface area contributed by atoms with Crippen LogP contribution in [0.25, 0.3) is 39.5 Å². The van der Waals surface area contributed by atoms with E-state index in [0.29, 0.717) is 39.7 Å². The minimum absolute atomic E-state index is 0.295. The van der Waals surface area contributed by atoms with Crippen molar-refractivity contribution >= 4 is 34.9 Å². The molecule has 0 radical (unpaired) electrons. The first-order valence-electron chi connectivity index (χ1n) is 11.2. The number of aromatic amines is 1. The number of anilines is 1. The molecule has 0 fully saturated rings. The molecule has 2 aromatic carbocycles. The number of nitrogens with one attached hydrogen (secondary N) is 3. The number of fused-ring (bicyclic) bond motifs is 1. The van der Waals surface area contributed by atoms with Gasteiger partial charge in [-0.3, -0.25) is 9.78 Å². The van der Waals surface area contributed by atoms with E-state index in [-0.39, 0.29) is 11.7 Å². The lowest BCUT2D eigenvalue weighted by Crippen LogP contribution is -2.13. The van der Waals surface area contributed by atoms with Crippen LogP contribution in [0.15, 0.2) is 79.1 Å².